The van der Waals surface area contributed by atoms with Gasteiger partial charge >= 0.3 is 17.0 Å². The molecule has 0 amide bonds. The van der Waals surface area contributed by atoms with Gasteiger partial charge in [-0.05, 0) is 0 Å². The van der Waals surface area contributed by atoms with Crippen LogP contribution in [0.2, 0.25) is 0 Å². The highest BCUT2D eigenvalue weighted by atomic mass is 16.7. The minimum Gasteiger partial charge on any atom is -0.258 e. The number of fused-ring (bicyclic) bond motifs is 2. The van der Waals surface area contributed by atoms with Gasteiger partial charge in [-0.15, -0.1) is 0 Å². The van der Waals surface area contributed by atoms with Crippen LogP contribution in [0.15, 0.2) is 0 Å². The summed E-state index contributed by atoms with van der Waals surface area (Å²) in [6.45, 7) is 0. The molecule has 0 spiro atoms. The van der Waals surface area contributed by atoms with Crippen molar-refractivity contribution in [3.63, 3.8) is 0 Å². The molecule has 2 bridgehead atoms. The number of hydrogen-bond acceptors (Lipinski definition) is 12. The zero-order valence-corrected chi connectivity index (χ0v) is 11.7. The highest BCUT2D eigenvalue weighted by Crippen LogP contribution is 2.64. The Kier molecular flexibility index (Phi) is 3.34. The van der Waals surface area contributed by atoms with Gasteiger partial charge in [0.15, 0.2) is 0 Å². The van der Waals surface area contributed by atoms with Crippen molar-refractivity contribution in [1.29, 1.82) is 0 Å². The molecular formula is C7H6N6O12. The van der Waals surface area contributed by atoms with Crippen LogP contribution < -0.4 is 0 Å². The summed E-state index contributed by atoms with van der Waals surface area (Å²) in [6, 6.07) is 0. The standard InChI is InChI=1S/C7H6N6O12/c14-8(15)5(9(16)17)1-3-6(10(18)19,11(20)21)2-4(5)7(3,12(22)23)13(24)25/h3-4H,1-2H2. The SMILES string of the molecule is O=[N+]([O-])C1([N+](=O)[O-])CC2C([N+](=O)[O-])([N+](=O)[O-])CC1C2([N+](=O)[O-])[N+](=O)[O-]. The van der Waals surface area contributed by atoms with Gasteiger partial charge in [-0.25, -0.2) is 0 Å². The van der Waals surface area contributed by atoms with Crippen LogP contribution >= 0.6 is 0 Å². The van der Waals surface area contributed by atoms with Crippen molar-refractivity contribution in [2.45, 2.75) is 29.8 Å². The predicted molar refractivity (Wildman–Crippen MR) is 66.4 cm³/mol. The third-order valence-corrected chi connectivity index (χ3v) is 5.00. The fourth-order valence-corrected chi connectivity index (χ4v) is 3.95. The number of nitro groups is 6. The summed E-state index contributed by atoms with van der Waals surface area (Å²) < 4.78 is 0. The second-order valence-electron chi connectivity index (χ2n) is 5.60. The Bertz CT molecular complexity index is 656. The smallest absolute Gasteiger partial charge is 0.258 e. The number of rotatable bonds is 6. The topological polar surface area (TPSA) is 259 Å². The van der Waals surface area contributed by atoms with E-state index < -0.39 is 71.2 Å². The van der Waals surface area contributed by atoms with Crippen LogP contribution in [-0.4, -0.2) is 46.5 Å². The van der Waals surface area contributed by atoms with Crippen molar-refractivity contribution >= 4 is 0 Å². The normalized spacial score (nSPS) is 27.4. The maximum Gasteiger partial charge on any atom is 0.493 e. The zero-order valence-electron chi connectivity index (χ0n) is 11.7. The molecule has 0 aromatic heterocycles. The van der Waals surface area contributed by atoms with Gasteiger partial charge in [0.05, 0.1) is 19.7 Å². The molecule has 25 heavy (non-hydrogen) atoms. The van der Waals surface area contributed by atoms with E-state index in [0.717, 1.165) is 0 Å². The average Bonchev–Trinajstić information content (AvgIpc) is 2.94. The van der Waals surface area contributed by atoms with Gasteiger partial charge in [0.2, 0.25) is 0 Å². The van der Waals surface area contributed by atoms with Crippen molar-refractivity contribution in [3.05, 3.63) is 60.7 Å². The molecule has 136 valence electrons. The number of nitrogens with zero attached hydrogens (tertiary/aromatic N) is 6. The lowest BCUT2D eigenvalue weighted by atomic mass is 9.82. The Morgan fingerprint density at radius 1 is 0.520 bits per heavy atom. The summed E-state index contributed by atoms with van der Waals surface area (Å²) in [6.07, 6.45) is -3.39. The Morgan fingerprint density at radius 2 is 0.760 bits per heavy atom. The molecule has 2 fully saturated rings. The Hall–Kier alpha value is -3.60. The molecule has 18 nitrogen and oxygen atoms in total. The van der Waals surface area contributed by atoms with Crippen LogP contribution in [0.25, 0.3) is 0 Å². The Balaban J connectivity index is 2.91. The molecule has 2 atom stereocenters. The quantitative estimate of drug-likeness (QED) is 0.304. The third kappa shape index (κ3) is 1.57. The van der Waals surface area contributed by atoms with Crippen molar-refractivity contribution in [3.8, 4) is 0 Å². The molecule has 0 heterocycles. The molecule has 2 aliphatic carbocycles. The van der Waals surface area contributed by atoms with Crippen molar-refractivity contribution in [1.82, 2.24) is 0 Å². The minimum absolute atomic E-state index is 1.62. The Morgan fingerprint density at radius 3 is 0.920 bits per heavy atom. The fraction of sp³-hybridized carbons (Fsp3) is 1.00. The van der Waals surface area contributed by atoms with Crippen molar-refractivity contribution in [2.75, 3.05) is 0 Å². The summed E-state index contributed by atoms with van der Waals surface area (Å²) >= 11 is 0. The lowest BCUT2D eigenvalue weighted by molar-refractivity contribution is -0.845. The van der Waals surface area contributed by atoms with Gasteiger partial charge in [-0.1, -0.05) is 0 Å². The lowest BCUT2D eigenvalue weighted by Gasteiger charge is -2.22. The molecule has 0 saturated heterocycles. The molecular weight excluding hydrogens is 360 g/mol. The fourth-order valence-electron chi connectivity index (χ4n) is 3.95. The highest BCUT2D eigenvalue weighted by molar-refractivity contribution is 5.14. The first-order valence-corrected chi connectivity index (χ1v) is 6.21. The van der Waals surface area contributed by atoms with E-state index in [-0.39, 0.29) is 0 Å². The van der Waals surface area contributed by atoms with E-state index in [0.29, 0.717) is 0 Å². The van der Waals surface area contributed by atoms with Gasteiger partial charge in [0, 0.05) is 0 Å². The first-order chi connectivity index (χ1) is 11.3. The summed E-state index contributed by atoms with van der Waals surface area (Å²) in [4.78, 5) is 57.6. The van der Waals surface area contributed by atoms with E-state index in [4.69, 9.17) is 0 Å². The Labute approximate surface area is 133 Å². The molecule has 0 radical (unpaired) electrons. The van der Waals surface area contributed by atoms with Crippen molar-refractivity contribution < 1.29 is 29.5 Å². The monoisotopic (exact) mass is 366 g/mol. The first-order valence-electron chi connectivity index (χ1n) is 6.21. The second kappa shape index (κ2) is 4.70. The minimum atomic E-state index is -3.81. The summed E-state index contributed by atoms with van der Waals surface area (Å²) in [5.74, 6) is -5.59. The highest BCUT2D eigenvalue weighted by Gasteiger charge is 3.05. The van der Waals surface area contributed by atoms with Gasteiger partial charge in [0.25, 0.3) is 11.8 Å². The van der Waals surface area contributed by atoms with E-state index in [1.54, 1.807) is 0 Å². The zero-order chi connectivity index (χ0) is 19.5. The van der Waals surface area contributed by atoms with Gasteiger partial charge < -0.3 is 0 Å². The molecule has 18 heteroatoms. The molecule has 0 aliphatic heterocycles. The summed E-state index contributed by atoms with van der Waals surface area (Å²) in [7, 11) is 0. The average molecular weight is 366 g/mol. The first kappa shape index (κ1) is 17.7. The predicted octanol–water partition coefficient (Wildman–Crippen LogP) is -1.22. The van der Waals surface area contributed by atoms with Crippen LogP contribution in [-0.2, 0) is 0 Å². The van der Waals surface area contributed by atoms with E-state index in [9.17, 15) is 60.7 Å². The van der Waals surface area contributed by atoms with Crippen LogP contribution in [0.1, 0.15) is 12.8 Å². The lowest BCUT2D eigenvalue weighted by Crippen LogP contribution is -2.59. The number of hydrogen-bond donors (Lipinski definition) is 0. The van der Waals surface area contributed by atoms with Gasteiger partial charge in [0.1, 0.15) is 22.7 Å². The molecule has 2 aliphatic rings. The largest absolute Gasteiger partial charge is 0.493 e. The molecule has 0 aromatic rings. The van der Waals surface area contributed by atoms with E-state index >= 15 is 0 Å². The van der Waals surface area contributed by atoms with E-state index in [1.807, 2.05) is 0 Å². The molecule has 0 aromatic carbocycles. The van der Waals surface area contributed by atoms with Crippen LogP contribution in [0.3, 0.4) is 0 Å². The van der Waals surface area contributed by atoms with E-state index in [1.165, 1.54) is 0 Å². The van der Waals surface area contributed by atoms with E-state index in [2.05, 4.69) is 0 Å². The van der Waals surface area contributed by atoms with Gasteiger partial charge in [-0.2, -0.15) is 0 Å². The van der Waals surface area contributed by atoms with Gasteiger partial charge in [-0.3, -0.25) is 60.7 Å². The molecule has 2 unspecified atom stereocenters. The third-order valence-electron chi connectivity index (χ3n) is 5.00. The summed E-state index contributed by atoms with van der Waals surface area (Å²) in [5, 5.41) is 67.6. The summed E-state index contributed by atoms with van der Waals surface area (Å²) in [5.41, 5.74) is -10.8. The maximum absolute atomic E-state index is 11.4. The second-order valence-corrected chi connectivity index (χ2v) is 5.60. The molecule has 0 N–H and O–H groups in total. The van der Waals surface area contributed by atoms with Crippen LogP contribution in [0.5, 0.6) is 0 Å². The maximum atomic E-state index is 11.4. The van der Waals surface area contributed by atoms with Crippen LogP contribution in [0.4, 0.5) is 0 Å². The molecule has 2 rings (SSSR count). The molecule has 2 saturated carbocycles. The van der Waals surface area contributed by atoms with Crippen LogP contribution in [0, 0.1) is 72.5 Å². The van der Waals surface area contributed by atoms with Crippen molar-refractivity contribution in [2.24, 2.45) is 11.8 Å².